The minimum absolute atomic E-state index is 0.298. The van der Waals surface area contributed by atoms with Crippen molar-refractivity contribution in [1.82, 2.24) is 9.55 Å². The summed E-state index contributed by atoms with van der Waals surface area (Å²) in [5.41, 5.74) is 1.95. The van der Waals surface area contributed by atoms with Crippen LogP contribution in [0.2, 0.25) is 0 Å². The number of carbonyl (C=O) groups excluding carboxylic acids is 2. The van der Waals surface area contributed by atoms with Crippen molar-refractivity contribution in [3.05, 3.63) is 52.8 Å². The molecule has 29 heavy (non-hydrogen) atoms. The number of amides is 2. The Morgan fingerprint density at radius 3 is 2.83 bits per heavy atom. The number of anilines is 1. The van der Waals surface area contributed by atoms with E-state index < -0.39 is 33.2 Å². The third-order valence-corrected chi connectivity index (χ3v) is 6.86. The van der Waals surface area contributed by atoms with E-state index in [0.29, 0.717) is 16.5 Å². The van der Waals surface area contributed by atoms with Gasteiger partial charge in [-0.05, 0) is 24.6 Å². The number of aryl methyl sites for hydroxylation is 1. The van der Waals surface area contributed by atoms with Crippen LogP contribution in [0.4, 0.5) is 5.13 Å². The van der Waals surface area contributed by atoms with Crippen molar-refractivity contribution >= 4 is 59.7 Å². The molecule has 0 fully saturated rings. The van der Waals surface area contributed by atoms with Gasteiger partial charge in [-0.2, -0.15) is 4.99 Å². The van der Waals surface area contributed by atoms with Crippen LogP contribution >= 0.6 is 22.7 Å². The van der Waals surface area contributed by atoms with Crippen molar-refractivity contribution in [2.24, 2.45) is 4.99 Å². The molecule has 0 atom stereocenters. The summed E-state index contributed by atoms with van der Waals surface area (Å²) in [5, 5.41) is 4.33. The molecule has 0 saturated heterocycles. The topological polar surface area (TPSA) is 110 Å². The Bertz CT molecular complexity index is 1240. The summed E-state index contributed by atoms with van der Waals surface area (Å²) in [4.78, 5) is 32.4. The van der Waals surface area contributed by atoms with Gasteiger partial charge in [0, 0.05) is 18.1 Å². The van der Waals surface area contributed by atoms with Gasteiger partial charge in [0.1, 0.15) is 11.5 Å². The number of aromatic nitrogens is 2. The SMILES string of the molecule is C=CCn1c(=NC(=O)CS(=O)(=O)CC(=O)Nc2nccs2)sc2cc(C)ccc21. The fourth-order valence-corrected chi connectivity index (χ4v) is 5.30. The lowest BCUT2D eigenvalue weighted by Crippen LogP contribution is -2.28. The van der Waals surface area contributed by atoms with Crippen LogP contribution in [-0.4, -0.2) is 41.3 Å². The maximum atomic E-state index is 12.3. The van der Waals surface area contributed by atoms with Gasteiger partial charge in [0.25, 0.3) is 5.91 Å². The molecule has 0 unspecified atom stereocenters. The third-order valence-electron chi connectivity index (χ3n) is 3.74. The second-order valence-corrected chi connectivity index (χ2v) is 10.1. The summed E-state index contributed by atoms with van der Waals surface area (Å²) in [6.07, 6.45) is 3.16. The van der Waals surface area contributed by atoms with Crippen LogP contribution in [0.15, 0.2) is 47.4 Å². The van der Waals surface area contributed by atoms with E-state index in [-0.39, 0.29) is 0 Å². The first-order chi connectivity index (χ1) is 13.8. The van der Waals surface area contributed by atoms with Crippen molar-refractivity contribution in [3.63, 3.8) is 0 Å². The second-order valence-electron chi connectivity index (χ2n) is 6.18. The molecular weight excluding hydrogens is 432 g/mol. The highest BCUT2D eigenvalue weighted by Gasteiger charge is 2.21. The van der Waals surface area contributed by atoms with Crippen molar-refractivity contribution in [3.8, 4) is 0 Å². The Hall–Kier alpha value is -2.63. The number of hydrogen-bond acceptors (Lipinski definition) is 7. The zero-order valence-corrected chi connectivity index (χ0v) is 17.9. The number of nitrogens with one attached hydrogen (secondary N) is 1. The molecule has 0 aliphatic rings. The van der Waals surface area contributed by atoms with Crippen molar-refractivity contribution in [2.75, 3.05) is 16.8 Å². The van der Waals surface area contributed by atoms with E-state index in [1.54, 1.807) is 16.0 Å². The van der Waals surface area contributed by atoms with Gasteiger partial charge in [-0.15, -0.1) is 17.9 Å². The van der Waals surface area contributed by atoms with Crippen LogP contribution in [0.25, 0.3) is 10.2 Å². The molecule has 1 aromatic carbocycles. The fourth-order valence-electron chi connectivity index (χ4n) is 2.59. The van der Waals surface area contributed by atoms with Crippen LogP contribution in [-0.2, 0) is 26.0 Å². The number of carbonyl (C=O) groups is 2. The quantitative estimate of drug-likeness (QED) is 0.555. The normalized spacial score (nSPS) is 12.2. The molecule has 2 heterocycles. The molecule has 0 spiro atoms. The first-order valence-corrected chi connectivity index (χ1v) is 12.0. The first kappa shape index (κ1) is 21.1. The molecule has 11 heteroatoms. The Kier molecular flexibility index (Phi) is 6.40. The number of benzene rings is 1. The Labute approximate surface area is 175 Å². The lowest BCUT2D eigenvalue weighted by molar-refractivity contribution is -0.115. The Morgan fingerprint density at radius 2 is 2.14 bits per heavy atom. The van der Waals surface area contributed by atoms with Crippen molar-refractivity contribution in [1.29, 1.82) is 0 Å². The standard InChI is InChI=1S/C18H18N4O4S3/c1-3-7-22-13-5-4-12(2)9-14(13)28-18(22)21-16(24)11-29(25,26)10-15(23)20-17-19-6-8-27-17/h3-6,8-9H,1,7,10-11H2,2H3,(H,19,20,23). The number of thiazole rings is 2. The van der Waals surface area contributed by atoms with Gasteiger partial charge in [-0.3, -0.25) is 9.59 Å². The summed E-state index contributed by atoms with van der Waals surface area (Å²) in [6.45, 7) is 6.10. The van der Waals surface area contributed by atoms with Gasteiger partial charge < -0.3 is 9.88 Å². The molecule has 0 aliphatic heterocycles. The number of allylic oxidation sites excluding steroid dienone is 1. The summed E-state index contributed by atoms with van der Waals surface area (Å²) in [7, 11) is -3.97. The average Bonchev–Trinajstić information content (AvgIpc) is 3.22. The number of hydrogen-bond donors (Lipinski definition) is 1. The number of sulfone groups is 1. The van der Waals surface area contributed by atoms with Gasteiger partial charge in [-0.1, -0.05) is 23.5 Å². The fraction of sp³-hybridized carbons (Fsp3) is 0.222. The first-order valence-electron chi connectivity index (χ1n) is 8.45. The highest BCUT2D eigenvalue weighted by atomic mass is 32.2. The highest BCUT2D eigenvalue weighted by Crippen LogP contribution is 2.19. The van der Waals surface area contributed by atoms with E-state index >= 15 is 0 Å². The van der Waals surface area contributed by atoms with Crippen molar-refractivity contribution in [2.45, 2.75) is 13.5 Å². The molecule has 0 bridgehead atoms. The molecular formula is C18H18N4O4S3. The second kappa shape index (κ2) is 8.80. The lowest BCUT2D eigenvalue weighted by atomic mass is 10.2. The molecule has 1 N–H and O–H groups in total. The number of rotatable bonds is 7. The lowest BCUT2D eigenvalue weighted by Gasteiger charge is -2.03. The molecule has 3 rings (SSSR count). The van der Waals surface area contributed by atoms with Crippen LogP contribution in [0.3, 0.4) is 0 Å². The van der Waals surface area contributed by atoms with E-state index in [4.69, 9.17) is 0 Å². The number of fused-ring (bicyclic) bond motifs is 1. The molecule has 152 valence electrons. The van der Waals surface area contributed by atoms with E-state index in [9.17, 15) is 18.0 Å². The molecule has 2 amide bonds. The van der Waals surface area contributed by atoms with Gasteiger partial charge >= 0.3 is 0 Å². The molecule has 0 saturated carbocycles. The maximum Gasteiger partial charge on any atom is 0.263 e. The molecule has 0 radical (unpaired) electrons. The van der Waals surface area contributed by atoms with Gasteiger partial charge in [0.15, 0.2) is 19.8 Å². The molecule has 0 aliphatic carbocycles. The smallest absolute Gasteiger partial charge is 0.263 e. The molecule has 8 nitrogen and oxygen atoms in total. The Morgan fingerprint density at radius 1 is 1.34 bits per heavy atom. The van der Waals surface area contributed by atoms with Crippen LogP contribution in [0.5, 0.6) is 0 Å². The zero-order chi connectivity index (χ0) is 21.0. The van der Waals surface area contributed by atoms with Crippen LogP contribution in [0.1, 0.15) is 5.56 Å². The van der Waals surface area contributed by atoms with E-state index in [0.717, 1.165) is 15.8 Å². The van der Waals surface area contributed by atoms with Gasteiger partial charge in [-0.25, -0.2) is 13.4 Å². The Balaban J connectivity index is 1.79. The van der Waals surface area contributed by atoms with Crippen LogP contribution in [0, 0.1) is 6.92 Å². The summed E-state index contributed by atoms with van der Waals surface area (Å²) < 4.78 is 27.2. The predicted octanol–water partition coefficient (Wildman–Crippen LogP) is 2.13. The summed E-state index contributed by atoms with van der Waals surface area (Å²) >= 11 is 2.46. The maximum absolute atomic E-state index is 12.3. The summed E-state index contributed by atoms with van der Waals surface area (Å²) in [6, 6.07) is 5.85. The monoisotopic (exact) mass is 450 g/mol. The predicted molar refractivity (Wildman–Crippen MR) is 115 cm³/mol. The number of nitrogens with zero attached hydrogens (tertiary/aromatic N) is 3. The zero-order valence-electron chi connectivity index (χ0n) is 15.5. The summed E-state index contributed by atoms with van der Waals surface area (Å²) in [5.74, 6) is -3.23. The molecule has 2 aromatic heterocycles. The minimum Gasteiger partial charge on any atom is -0.313 e. The average molecular weight is 451 g/mol. The van der Waals surface area contributed by atoms with Gasteiger partial charge in [0.2, 0.25) is 5.91 Å². The van der Waals surface area contributed by atoms with Crippen LogP contribution < -0.4 is 10.1 Å². The highest BCUT2D eigenvalue weighted by molar-refractivity contribution is 7.92. The largest absolute Gasteiger partial charge is 0.313 e. The van der Waals surface area contributed by atoms with Gasteiger partial charge in [0.05, 0.1) is 10.2 Å². The van der Waals surface area contributed by atoms with E-state index in [2.05, 4.69) is 21.9 Å². The third kappa shape index (κ3) is 5.46. The van der Waals surface area contributed by atoms with E-state index in [1.165, 1.54) is 28.9 Å². The van der Waals surface area contributed by atoms with E-state index in [1.807, 2.05) is 25.1 Å². The minimum atomic E-state index is -3.97. The molecule has 3 aromatic rings. The van der Waals surface area contributed by atoms with Crippen molar-refractivity contribution < 1.29 is 18.0 Å².